The van der Waals surface area contributed by atoms with Crippen LogP contribution in [0.25, 0.3) is 0 Å². The van der Waals surface area contributed by atoms with Gasteiger partial charge in [-0.25, -0.2) is 0 Å². The average molecular weight is 478 g/mol. The molecule has 0 fully saturated rings. The maximum Gasteiger partial charge on any atom is 2.00 e. The summed E-state index contributed by atoms with van der Waals surface area (Å²) < 4.78 is 9.44. The summed E-state index contributed by atoms with van der Waals surface area (Å²) in [5.74, 6) is -2.17. The van der Waals surface area contributed by atoms with E-state index in [1.807, 2.05) is 0 Å². The van der Waals surface area contributed by atoms with Gasteiger partial charge in [0.15, 0.2) is 0 Å². The monoisotopic (exact) mass is 478 g/mol. The molecule has 2 N–H and O–H groups in total. The van der Waals surface area contributed by atoms with Crippen LogP contribution < -0.4 is 10.2 Å². The van der Waals surface area contributed by atoms with E-state index in [4.69, 9.17) is 19.7 Å². The van der Waals surface area contributed by atoms with Crippen molar-refractivity contribution < 1.29 is 39.5 Å². The second-order valence-electron chi connectivity index (χ2n) is 5.83. The molecular formula is C20H22O8Sr. The molecule has 0 aliphatic carbocycles. The molecule has 0 aromatic heterocycles. The van der Waals surface area contributed by atoms with E-state index in [2.05, 4.69) is 0 Å². The minimum atomic E-state index is -1.24. The zero-order chi connectivity index (χ0) is 21.1. The third-order valence-electron chi connectivity index (χ3n) is 3.81. The maximum atomic E-state index is 10.5. The minimum Gasteiger partial charge on any atom is -0.547 e. The summed E-state index contributed by atoms with van der Waals surface area (Å²) in [5, 5.41) is 39.0. The number of aromatic hydroxyl groups is 2. The van der Waals surface area contributed by atoms with Crippen molar-refractivity contribution in [3.8, 4) is 11.5 Å². The van der Waals surface area contributed by atoms with Gasteiger partial charge in [-0.05, 0) is 35.4 Å². The molecule has 0 aliphatic heterocycles. The fraction of sp³-hybridized carbons (Fsp3) is 0.300. The molecule has 2 atom stereocenters. The van der Waals surface area contributed by atoms with Crippen molar-refractivity contribution in [3.63, 3.8) is 0 Å². The Kier molecular flexibility index (Phi) is 13.6. The van der Waals surface area contributed by atoms with Crippen LogP contribution in [0.1, 0.15) is 11.1 Å². The van der Waals surface area contributed by atoms with Gasteiger partial charge in [0, 0.05) is 27.1 Å². The molecule has 0 amide bonds. The topological polar surface area (TPSA) is 139 Å². The molecule has 9 heteroatoms. The van der Waals surface area contributed by atoms with Gasteiger partial charge in [0.25, 0.3) is 0 Å². The number of phenols is 2. The maximum absolute atomic E-state index is 10.5. The number of rotatable bonds is 8. The van der Waals surface area contributed by atoms with Crippen LogP contribution in [0.5, 0.6) is 11.5 Å². The fourth-order valence-corrected chi connectivity index (χ4v) is 2.22. The number of carboxylic acids is 2. The molecule has 0 radical (unpaired) electrons. The van der Waals surface area contributed by atoms with Gasteiger partial charge < -0.3 is 39.5 Å². The predicted octanol–water partition coefficient (Wildman–Crippen LogP) is -0.982. The van der Waals surface area contributed by atoms with Crippen LogP contribution >= 0.6 is 0 Å². The van der Waals surface area contributed by atoms with Crippen molar-refractivity contribution in [1.29, 1.82) is 0 Å². The van der Waals surface area contributed by atoms with Gasteiger partial charge in [0.05, 0.1) is 11.9 Å². The van der Waals surface area contributed by atoms with Crippen LogP contribution in [0.4, 0.5) is 0 Å². The molecule has 152 valence electrons. The molecule has 0 saturated heterocycles. The Morgan fingerprint density at radius 2 is 1.03 bits per heavy atom. The van der Waals surface area contributed by atoms with E-state index in [9.17, 15) is 19.8 Å². The van der Waals surface area contributed by atoms with Gasteiger partial charge in [0.2, 0.25) is 0 Å². The van der Waals surface area contributed by atoms with Crippen LogP contribution in [0, 0.1) is 0 Å². The summed E-state index contributed by atoms with van der Waals surface area (Å²) in [6, 6.07) is 12.6. The first-order valence-electron chi connectivity index (χ1n) is 8.30. The van der Waals surface area contributed by atoms with Crippen molar-refractivity contribution >= 4 is 57.4 Å². The van der Waals surface area contributed by atoms with Crippen molar-refractivity contribution in [3.05, 3.63) is 59.7 Å². The number of methoxy groups -OCH3 is 2. The summed E-state index contributed by atoms with van der Waals surface area (Å²) in [6.45, 7) is 0. The standard InChI is InChI=1S/2C10H12O4.Sr/c2*1-14-9(10(12)13)6-7-2-4-8(11)5-3-7;/h2*2-5,9,11H,6H2,1H3,(H,12,13);/q;;+2/p-2. The van der Waals surface area contributed by atoms with Gasteiger partial charge in [-0.2, -0.15) is 0 Å². The first-order chi connectivity index (χ1) is 13.3. The van der Waals surface area contributed by atoms with Crippen molar-refractivity contribution in [1.82, 2.24) is 0 Å². The molecule has 2 unspecified atom stereocenters. The largest absolute Gasteiger partial charge is 2.00 e. The summed E-state index contributed by atoms with van der Waals surface area (Å²) >= 11 is 0. The minimum absolute atomic E-state index is 0. The predicted molar refractivity (Wildman–Crippen MR) is 101 cm³/mol. The van der Waals surface area contributed by atoms with E-state index in [0.29, 0.717) is 0 Å². The molecule has 0 spiro atoms. The second-order valence-corrected chi connectivity index (χ2v) is 5.83. The Bertz CT molecular complexity index is 681. The summed E-state index contributed by atoms with van der Waals surface area (Å²) in [7, 11) is 2.64. The van der Waals surface area contributed by atoms with E-state index >= 15 is 0 Å². The van der Waals surface area contributed by atoms with Gasteiger partial charge in [-0.15, -0.1) is 0 Å². The number of phenolic OH excluding ortho intramolecular Hbond substituents is 2. The summed E-state index contributed by atoms with van der Waals surface area (Å²) in [4.78, 5) is 21.0. The Balaban J connectivity index is 0.000000523. The third kappa shape index (κ3) is 10.6. The molecule has 2 rings (SSSR count). The zero-order valence-electron chi connectivity index (χ0n) is 16.2. The smallest absolute Gasteiger partial charge is 0.547 e. The Labute approximate surface area is 206 Å². The molecular weight excluding hydrogens is 456 g/mol. The fourth-order valence-electron chi connectivity index (χ4n) is 2.22. The van der Waals surface area contributed by atoms with Gasteiger partial charge in [-0.3, -0.25) is 0 Å². The average Bonchev–Trinajstić information content (AvgIpc) is 2.67. The van der Waals surface area contributed by atoms with E-state index in [0.717, 1.165) is 11.1 Å². The Morgan fingerprint density at radius 1 is 0.759 bits per heavy atom. The Morgan fingerprint density at radius 3 is 1.24 bits per heavy atom. The third-order valence-corrected chi connectivity index (χ3v) is 3.81. The first kappa shape index (κ1) is 27.4. The second kappa shape index (κ2) is 14.4. The van der Waals surface area contributed by atoms with Gasteiger partial charge in [-0.1, -0.05) is 24.3 Å². The van der Waals surface area contributed by atoms with Crippen LogP contribution in [-0.4, -0.2) is 94.1 Å². The molecule has 0 saturated carbocycles. The van der Waals surface area contributed by atoms with E-state index in [1.54, 1.807) is 24.3 Å². The van der Waals surface area contributed by atoms with Gasteiger partial charge >= 0.3 is 45.5 Å². The van der Waals surface area contributed by atoms with Gasteiger partial charge in [0.1, 0.15) is 23.7 Å². The SMILES string of the molecule is COC(Cc1ccc(O)cc1)C(=O)[O-].COC(Cc1ccc(O)cc1)C(=O)[O-].[Sr+2]. The number of carbonyl (C=O) groups is 2. The van der Waals surface area contributed by atoms with Crippen LogP contribution in [0.15, 0.2) is 48.5 Å². The quantitative estimate of drug-likeness (QED) is 0.462. The number of carboxylic acid groups (broad SMARTS) is 2. The molecule has 2 aromatic carbocycles. The number of aliphatic carboxylic acids is 2. The van der Waals surface area contributed by atoms with E-state index < -0.39 is 24.1 Å². The number of hydrogen-bond acceptors (Lipinski definition) is 8. The number of hydrogen-bond donors (Lipinski definition) is 2. The molecule has 8 nitrogen and oxygen atoms in total. The molecule has 0 bridgehead atoms. The number of carbonyl (C=O) groups excluding carboxylic acids is 2. The van der Waals surface area contributed by atoms with Crippen molar-refractivity contribution in [2.75, 3.05) is 14.2 Å². The molecule has 0 aliphatic rings. The zero-order valence-corrected chi connectivity index (χ0v) is 19.7. The van der Waals surface area contributed by atoms with Crippen LogP contribution in [0.2, 0.25) is 0 Å². The molecule has 29 heavy (non-hydrogen) atoms. The number of benzene rings is 2. The van der Waals surface area contributed by atoms with Crippen LogP contribution in [-0.2, 0) is 31.9 Å². The van der Waals surface area contributed by atoms with Crippen molar-refractivity contribution in [2.24, 2.45) is 0 Å². The van der Waals surface area contributed by atoms with E-state index in [-0.39, 0.29) is 69.8 Å². The first-order valence-corrected chi connectivity index (χ1v) is 8.30. The van der Waals surface area contributed by atoms with Crippen molar-refractivity contribution in [2.45, 2.75) is 25.0 Å². The van der Waals surface area contributed by atoms with Crippen LogP contribution in [0.3, 0.4) is 0 Å². The summed E-state index contributed by atoms with van der Waals surface area (Å²) in [6.07, 6.45) is -1.42. The number of ether oxygens (including phenoxy) is 2. The molecule has 0 heterocycles. The summed E-state index contributed by atoms with van der Waals surface area (Å²) in [5.41, 5.74) is 1.55. The normalized spacial score (nSPS) is 11.9. The van der Waals surface area contributed by atoms with E-state index in [1.165, 1.54) is 38.5 Å². The Hall–Kier alpha value is -1.62. The molecule has 2 aromatic rings.